The van der Waals surface area contributed by atoms with Gasteiger partial charge in [-0.15, -0.1) is 0 Å². The minimum Gasteiger partial charge on any atom is -0.494 e. The first-order chi connectivity index (χ1) is 11.6. The molecule has 1 aromatic heterocycles. The molecule has 0 bridgehead atoms. The second-order valence-electron chi connectivity index (χ2n) is 5.85. The van der Waals surface area contributed by atoms with Crippen LogP contribution in [0.1, 0.15) is 26.7 Å². The van der Waals surface area contributed by atoms with E-state index in [9.17, 15) is 9.59 Å². The quantitative estimate of drug-likeness (QED) is 0.923. The van der Waals surface area contributed by atoms with Gasteiger partial charge in [0.15, 0.2) is 5.13 Å². The average Bonchev–Trinajstić information content (AvgIpc) is 2.96. The van der Waals surface area contributed by atoms with E-state index < -0.39 is 0 Å². The van der Waals surface area contributed by atoms with Crippen molar-refractivity contribution in [2.24, 2.45) is 5.92 Å². The van der Waals surface area contributed by atoms with E-state index in [0.717, 1.165) is 16.0 Å². The smallest absolute Gasteiger partial charge is 0.229 e. The third-order valence-corrected chi connectivity index (χ3v) is 5.15. The summed E-state index contributed by atoms with van der Waals surface area (Å²) in [5, 5.41) is 3.53. The van der Waals surface area contributed by atoms with Gasteiger partial charge in [-0.25, -0.2) is 4.98 Å². The van der Waals surface area contributed by atoms with Crippen molar-refractivity contribution >= 4 is 38.5 Å². The van der Waals surface area contributed by atoms with Crippen molar-refractivity contribution < 1.29 is 14.3 Å². The molecule has 0 radical (unpaired) electrons. The van der Waals surface area contributed by atoms with E-state index in [-0.39, 0.29) is 17.7 Å². The van der Waals surface area contributed by atoms with Crippen molar-refractivity contribution in [1.82, 2.24) is 9.88 Å². The number of ether oxygens (including phenoxy) is 1. The van der Waals surface area contributed by atoms with Crippen LogP contribution in [-0.4, -0.2) is 41.4 Å². The number of hydrogen-bond donors (Lipinski definition) is 1. The van der Waals surface area contributed by atoms with Crippen LogP contribution in [0.25, 0.3) is 10.2 Å². The predicted molar refractivity (Wildman–Crippen MR) is 94.4 cm³/mol. The number of anilines is 1. The van der Waals surface area contributed by atoms with Gasteiger partial charge in [-0.3, -0.25) is 9.59 Å². The van der Waals surface area contributed by atoms with Crippen LogP contribution in [0.15, 0.2) is 18.2 Å². The molecule has 2 amide bonds. The van der Waals surface area contributed by atoms with E-state index >= 15 is 0 Å². The number of rotatable bonds is 4. The maximum absolute atomic E-state index is 12.4. The van der Waals surface area contributed by atoms with E-state index in [1.807, 2.05) is 25.1 Å². The Labute approximate surface area is 144 Å². The lowest BCUT2D eigenvalue weighted by atomic mass is 9.96. The summed E-state index contributed by atoms with van der Waals surface area (Å²) in [4.78, 5) is 30.0. The normalized spacial score (nSPS) is 15.5. The summed E-state index contributed by atoms with van der Waals surface area (Å²) >= 11 is 1.45. The molecule has 0 spiro atoms. The molecule has 0 unspecified atom stereocenters. The van der Waals surface area contributed by atoms with Crippen molar-refractivity contribution in [3.05, 3.63) is 18.2 Å². The number of carbonyl (C=O) groups excluding carboxylic acids is 2. The molecule has 6 nitrogen and oxygen atoms in total. The van der Waals surface area contributed by atoms with Gasteiger partial charge in [-0.05, 0) is 38.0 Å². The average molecular weight is 347 g/mol. The van der Waals surface area contributed by atoms with Crippen molar-refractivity contribution in [2.75, 3.05) is 25.0 Å². The first-order valence-corrected chi connectivity index (χ1v) is 8.98. The number of likely N-dealkylation sites (tertiary alicyclic amines) is 1. The Balaban J connectivity index is 1.64. The summed E-state index contributed by atoms with van der Waals surface area (Å²) in [7, 11) is 0. The van der Waals surface area contributed by atoms with Crippen LogP contribution in [0.3, 0.4) is 0 Å². The summed E-state index contributed by atoms with van der Waals surface area (Å²) in [6.07, 6.45) is 1.40. The molecule has 1 saturated heterocycles. The molecule has 1 N–H and O–H groups in total. The number of piperidine rings is 1. The summed E-state index contributed by atoms with van der Waals surface area (Å²) in [6.45, 7) is 5.42. The molecule has 2 aromatic rings. The number of carbonyl (C=O) groups is 2. The molecule has 3 rings (SSSR count). The minimum atomic E-state index is -0.0633. The van der Waals surface area contributed by atoms with Crippen molar-refractivity contribution in [1.29, 1.82) is 0 Å². The fourth-order valence-corrected chi connectivity index (χ4v) is 3.78. The molecule has 1 fully saturated rings. The number of aromatic nitrogens is 1. The minimum absolute atomic E-state index is 0.0118. The summed E-state index contributed by atoms with van der Waals surface area (Å²) in [5.41, 5.74) is 0.852. The molecule has 128 valence electrons. The van der Waals surface area contributed by atoms with Gasteiger partial charge in [0.2, 0.25) is 11.8 Å². The summed E-state index contributed by atoms with van der Waals surface area (Å²) < 4.78 is 6.48. The number of amides is 2. The number of fused-ring (bicyclic) bond motifs is 1. The van der Waals surface area contributed by atoms with Crippen molar-refractivity contribution in [2.45, 2.75) is 26.7 Å². The van der Waals surface area contributed by atoms with Crippen LogP contribution in [0.4, 0.5) is 5.13 Å². The van der Waals surface area contributed by atoms with Crippen LogP contribution in [0.2, 0.25) is 0 Å². The Bertz CT molecular complexity index is 751. The maximum Gasteiger partial charge on any atom is 0.229 e. The lowest BCUT2D eigenvalue weighted by Gasteiger charge is -2.30. The Kier molecular flexibility index (Phi) is 4.99. The largest absolute Gasteiger partial charge is 0.494 e. The number of thiazole rings is 1. The Morgan fingerprint density at radius 3 is 2.79 bits per heavy atom. The fraction of sp³-hybridized carbons (Fsp3) is 0.471. The molecular weight excluding hydrogens is 326 g/mol. The number of nitrogens with zero attached hydrogens (tertiary/aromatic N) is 2. The molecule has 1 aliphatic heterocycles. The molecule has 0 aliphatic carbocycles. The van der Waals surface area contributed by atoms with Crippen molar-refractivity contribution in [3.63, 3.8) is 0 Å². The third-order valence-electron chi connectivity index (χ3n) is 4.21. The maximum atomic E-state index is 12.4. The van der Waals surface area contributed by atoms with Crippen LogP contribution >= 0.6 is 11.3 Å². The molecule has 0 saturated carbocycles. The number of benzene rings is 1. The monoisotopic (exact) mass is 347 g/mol. The van der Waals surface area contributed by atoms with Crippen LogP contribution in [0, 0.1) is 5.92 Å². The number of hydrogen-bond acceptors (Lipinski definition) is 5. The van der Waals surface area contributed by atoms with Gasteiger partial charge in [0, 0.05) is 25.9 Å². The lowest BCUT2D eigenvalue weighted by Crippen LogP contribution is -2.40. The van der Waals surface area contributed by atoms with E-state index in [0.29, 0.717) is 37.7 Å². The van der Waals surface area contributed by atoms with E-state index in [2.05, 4.69) is 10.3 Å². The highest BCUT2D eigenvalue weighted by atomic mass is 32.1. The zero-order chi connectivity index (χ0) is 17.1. The highest BCUT2D eigenvalue weighted by Gasteiger charge is 2.26. The zero-order valence-electron chi connectivity index (χ0n) is 13.9. The van der Waals surface area contributed by atoms with Gasteiger partial charge in [0.25, 0.3) is 0 Å². The second kappa shape index (κ2) is 7.17. The lowest BCUT2D eigenvalue weighted by molar-refractivity contribution is -0.132. The van der Waals surface area contributed by atoms with Gasteiger partial charge < -0.3 is 15.0 Å². The fourth-order valence-electron chi connectivity index (χ4n) is 2.88. The zero-order valence-corrected chi connectivity index (χ0v) is 14.7. The van der Waals surface area contributed by atoms with Gasteiger partial charge in [0.05, 0.1) is 16.8 Å². The standard InChI is InChI=1S/C17H21N3O3S/c1-3-23-13-4-5-14-15(10-13)24-17(18-14)19-16(22)12-6-8-20(9-7-12)11(2)21/h4-5,10,12H,3,6-9H2,1-2H3,(H,18,19,22). The molecule has 2 heterocycles. The predicted octanol–water partition coefficient (Wildman–Crippen LogP) is 2.89. The van der Waals surface area contributed by atoms with Crippen LogP contribution < -0.4 is 10.1 Å². The molecule has 7 heteroatoms. The van der Waals surface area contributed by atoms with Gasteiger partial charge >= 0.3 is 0 Å². The summed E-state index contributed by atoms with van der Waals surface area (Å²) in [6, 6.07) is 5.73. The van der Waals surface area contributed by atoms with E-state index in [4.69, 9.17) is 4.74 Å². The first kappa shape index (κ1) is 16.7. The first-order valence-electron chi connectivity index (χ1n) is 8.16. The number of nitrogens with one attached hydrogen (secondary N) is 1. The Hall–Kier alpha value is -2.15. The van der Waals surface area contributed by atoms with E-state index in [1.165, 1.54) is 11.3 Å². The molecule has 1 aromatic carbocycles. The van der Waals surface area contributed by atoms with Crippen LogP contribution in [-0.2, 0) is 9.59 Å². The summed E-state index contributed by atoms with van der Waals surface area (Å²) in [5.74, 6) is 0.808. The molecule has 24 heavy (non-hydrogen) atoms. The van der Waals surface area contributed by atoms with Crippen molar-refractivity contribution in [3.8, 4) is 5.75 Å². The van der Waals surface area contributed by atoms with Gasteiger partial charge in [-0.2, -0.15) is 0 Å². The van der Waals surface area contributed by atoms with E-state index in [1.54, 1.807) is 11.8 Å². The highest BCUT2D eigenvalue weighted by molar-refractivity contribution is 7.22. The topological polar surface area (TPSA) is 71.5 Å². The molecule has 0 atom stereocenters. The Morgan fingerprint density at radius 1 is 1.38 bits per heavy atom. The second-order valence-corrected chi connectivity index (χ2v) is 6.88. The van der Waals surface area contributed by atoms with Gasteiger partial charge in [0.1, 0.15) is 5.75 Å². The highest BCUT2D eigenvalue weighted by Crippen LogP contribution is 2.30. The molecule has 1 aliphatic rings. The van der Waals surface area contributed by atoms with Crippen LogP contribution in [0.5, 0.6) is 5.75 Å². The SMILES string of the molecule is CCOc1ccc2nc(NC(=O)C3CCN(C(C)=O)CC3)sc2c1. The van der Waals surface area contributed by atoms with Gasteiger partial charge in [-0.1, -0.05) is 11.3 Å². The molecular formula is C17H21N3O3S. The third kappa shape index (κ3) is 3.67. The Morgan fingerprint density at radius 2 is 2.12 bits per heavy atom.